The highest BCUT2D eigenvalue weighted by molar-refractivity contribution is 5.90. The lowest BCUT2D eigenvalue weighted by molar-refractivity contribution is -0.607. The fraction of sp³-hybridized carbons (Fsp3) is 0.333. The van der Waals surface area contributed by atoms with Crippen molar-refractivity contribution in [3.05, 3.63) is 65.1 Å². The number of aromatic nitrogens is 1. The van der Waals surface area contributed by atoms with E-state index in [1.54, 1.807) is 12.1 Å². The number of pyridine rings is 1. The Kier molecular flexibility index (Phi) is 4.76. The van der Waals surface area contributed by atoms with Crippen molar-refractivity contribution in [1.29, 1.82) is 0 Å². The maximum atomic E-state index is 12.1. The van der Waals surface area contributed by atoms with Crippen molar-refractivity contribution in [1.82, 2.24) is 5.32 Å². The lowest BCUT2D eigenvalue weighted by atomic mass is 10.2. The zero-order valence-corrected chi connectivity index (χ0v) is 12.9. The van der Waals surface area contributed by atoms with Crippen LogP contribution in [-0.4, -0.2) is 12.0 Å². The molecule has 0 bridgehead atoms. The van der Waals surface area contributed by atoms with E-state index in [1.165, 1.54) is 25.1 Å². The van der Waals surface area contributed by atoms with Crippen molar-refractivity contribution >= 4 is 5.91 Å². The zero-order chi connectivity index (χ0) is 16.1. The van der Waals surface area contributed by atoms with Crippen LogP contribution in [0.2, 0.25) is 0 Å². The van der Waals surface area contributed by atoms with Crippen LogP contribution in [0, 0.1) is 5.21 Å². The van der Waals surface area contributed by atoms with Crippen LogP contribution < -0.4 is 14.8 Å². The molecule has 1 saturated carbocycles. The Morgan fingerprint density at radius 2 is 1.91 bits per heavy atom. The monoisotopic (exact) mass is 312 g/mol. The molecule has 23 heavy (non-hydrogen) atoms. The van der Waals surface area contributed by atoms with Gasteiger partial charge < -0.3 is 15.3 Å². The number of para-hydroxylation sites is 1. The highest BCUT2D eigenvalue weighted by Crippen LogP contribution is 2.26. The summed E-state index contributed by atoms with van der Waals surface area (Å²) in [4.78, 5) is 12.1. The second kappa shape index (κ2) is 7.13. The number of carbonyl (C=O) groups excluding carboxylic acids is 1. The number of hydrogen-bond donors (Lipinski definition) is 1. The molecule has 1 N–H and O–H groups in total. The number of nitrogens with zero attached hydrogens (tertiary/aromatic N) is 1. The minimum Gasteiger partial charge on any atom is -0.618 e. The minimum atomic E-state index is -0.392. The fourth-order valence-electron chi connectivity index (χ4n) is 2.82. The maximum absolute atomic E-state index is 12.1. The van der Waals surface area contributed by atoms with Crippen molar-refractivity contribution in [2.24, 2.45) is 0 Å². The highest BCUT2D eigenvalue weighted by Gasteiger charge is 2.19. The fourth-order valence-corrected chi connectivity index (χ4v) is 2.82. The van der Waals surface area contributed by atoms with Gasteiger partial charge in [0.25, 0.3) is 5.69 Å². The van der Waals surface area contributed by atoms with Crippen molar-refractivity contribution in [3.8, 4) is 5.75 Å². The quantitative estimate of drug-likeness (QED) is 0.681. The highest BCUT2D eigenvalue weighted by atomic mass is 16.5. The first-order valence-electron chi connectivity index (χ1n) is 7.95. The van der Waals surface area contributed by atoms with Gasteiger partial charge in [-0.1, -0.05) is 18.2 Å². The van der Waals surface area contributed by atoms with Gasteiger partial charge in [0.2, 0.25) is 0 Å². The Morgan fingerprint density at radius 1 is 1.17 bits per heavy atom. The molecule has 1 heterocycles. The van der Waals surface area contributed by atoms with E-state index >= 15 is 0 Å². The van der Waals surface area contributed by atoms with E-state index in [9.17, 15) is 10.0 Å². The molecule has 120 valence electrons. The molecule has 1 aromatic heterocycles. The van der Waals surface area contributed by atoms with E-state index < -0.39 is 5.91 Å². The Balaban J connectivity index is 1.66. The van der Waals surface area contributed by atoms with E-state index in [2.05, 4.69) is 5.32 Å². The van der Waals surface area contributed by atoms with Crippen LogP contribution in [0.25, 0.3) is 0 Å². The molecule has 0 unspecified atom stereocenters. The van der Waals surface area contributed by atoms with Crippen LogP contribution in [0.3, 0.4) is 0 Å². The van der Waals surface area contributed by atoms with Crippen LogP contribution in [-0.2, 0) is 6.54 Å². The van der Waals surface area contributed by atoms with E-state index in [4.69, 9.17) is 4.74 Å². The molecule has 0 spiro atoms. The summed E-state index contributed by atoms with van der Waals surface area (Å²) in [5.74, 6) is 0.416. The van der Waals surface area contributed by atoms with Crippen molar-refractivity contribution in [2.75, 3.05) is 0 Å². The third kappa shape index (κ3) is 3.80. The van der Waals surface area contributed by atoms with Gasteiger partial charge in [-0.05, 0) is 37.8 Å². The molecule has 0 saturated heterocycles. The standard InChI is InChI=1S/C18H20N2O3/c21-18(16-10-5-6-12-20(16)22)19-13-14-7-1-4-11-17(14)23-15-8-2-3-9-15/h1,4-7,10-12,15H,2-3,8-9,13H2,(H,19,21). The molecule has 5 heteroatoms. The third-order valence-electron chi connectivity index (χ3n) is 4.06. The molecule has 1 aliphatic rings. The molecular formula is C18H20N2O3. The smallest absolute Gasteiger partial charge is 0.317 e. The molecule has 0 aliphatic heterocycles. The molecule has 5 nitrogen and oxygen atoms in total. The summed E-state index contributed by atoms with van der Waals surface area (Å²) in [6, 6.07) is 12.5. The van der Waals surface area contributed by atoms with Gasteiger partial charge in [0.05, 0.1) is 6.10 Å². The first-order valence-corrected chi connectivity index (χ1v) is 7.95. The average molecular weight is 312 g/mol. The topological polar surface area (TPSA) is 65.3 Å². The Bertz CT molecular complexity index is 681. The molecule has 1 fully saturated rings. The zero-order valence-electron chi connectivity index (χ0n) is 12.9. The summed E-state index contributed by atoms with van der Waals surface area (Å²) in [7, 11) is 0. The Morgan fingerprint density at radius 3 is 2.70 bits per heavy atom. The average Bonchev–Trinajstić information content (AvgIpc) is 3.07. The molecule has 3 rings (SSSR count). The van der Waals surface area contributed by atoms with Crippen molar-refractivity contribution in [2.45, 2.75) is 38.3 Å². The van der Waals surface area contributed by atoms with Gasteiger partial charge in [-0.3, -0.25) is 4.79 Å². The minimum absolute atomic E-state index is 0.0849. The van der Waals surface area contributed by atoms with E-state index in [0.717, 1.165) is 24.2 Å². The molecule has 0 radical (unpaired) electrons. The van der Waals surface area contributed by atoms with Crippen molar-refractivity contribution in [3.63, 3.8) is 0 Å². The number of rotatable bonds is 5. The van der Waals surface area contributed by atoms with Gasteiger partial charge in [0.1, 0.15) is 5.75 Å². The van der Waals surface area contributed by atoms with Gasteiger partial charge in [-0.2, -0.15) is 4.73 Å². The second-order valence-corrected chi connectivity index (χ2v) is 5.73. The first kappa shape index (κ1) is 15.3. The van der Waals surface area contributed by atoms with Crippen LogP contribution in [0.15, 0.2) is 48.7 Å². The number of ether oxygens (including phenoxy) is 1. The van der Waals surface area contributed by atoms with Crippen LogP contribution in [0.5, 0.6) is 5.75 Å². The number of amides is 1. The number of hydrogen-bond acceptors (Lipinski definition) is 3. The SMILES string of the molecule is O=C(NCc1ccccc1OC1CCCC1)c1cccc[n+]1[O-]. The summed E-state index contributed by atoms with van der Waals surface area (Å²) in [6.07, 6.45) is 6.17. The molecule has 1 amide bonds. The van der Waals surface area contributed by atoms with Crippen LogP contribution in [0.1, 0.15) is 41.7 Å². The van der Waals surface area contributed by atoms with Gasteiger partial charge in [0, 0.05) is 24.2 Å². The predicted molar refractivity (Wildman–Crippen MR) is 85.9 cm³/mol. The van der Waals surface area contributed by atoms with Crippen molar-refractivity contribution < 1.29 is 14.3 Å². The summed E-state index contributed by atoms with van der Waals surface area (Å²) in [5.41, 5.74) is 1.00. The summed E-state index contributed by atoms with van der Waals surface area (Å²) < 4.78 is 6.62. The summed E-state index contributed by atoms with van der Waals surface area (Å²) in [5, 5.41) is 14.4. The number of nitrogens with one attached hydrogen (secondary N) is 1. The van der Waals surface area contributed by atoms with Crippen LogP contribution in [0.4, 0.5) is 0 Å². The van der Waals surface area contributed by atoms with Gasteiger partial charge in [-0.15, -0.1) is 0 Å². The second-order valence-electron chi connectivity index (χ2n) is 5.73. The molecule has 2 aromatic rings. The molecule has 0 atom stereocenters. The van der Waals surface area contributed by atoms with Crippen LogP contribution >= 0.6 is 0 Å². The van der Waals surface area contributed by atoms with E-state index in [-0.39, 0.29) is 11.8 Å². The summed E-state index contributed by atoms with van der Waals surface area (Å²) >= 11 is 0. The largest absolute Gasteiger partial charge is 0.618 e. The molecular weight excluding hydrogens is 292 g/mol. The lowest BCUT2D eigenvalue weighted by Gasteiger charge is -2.16. The number of carbonyl (C=O) groups is 1. The van der Waals surface area contributed by atoms with Gasteiger partial charge in [0.15, 0.2) is 6.20 Å². The maximum Gasteiger partial charge on any atom is 0.317 e. The number of benzene rings is 1. The predicted octanol–water partition coefficient (Wildman–Crippen LogP) is 2.57. The summed E-state index contributed by atoms with van der Waals surface area (Å²) in [6.45, 7) is 0.330. The Labute approximate surface area is 135 Å². The van der Waals surface area contributed by atoms with E-state index in [0.29, 0.717) is 11.3 Å². The lowest BCUT2D eigenvalue weighted by Crippen LogP contribution is -2.38. The molecule has 1 aliphatic carbocycles. The molecule has 1 aromatic carbocycles. The van der Waals surface area contributed by atoms with E-state index in [1.807, 2.05) is 24.3 Å². The Hall–Kier alpha value is -2.56. The van der Waals surface area contributed by atoms with Gasteiger partial charge in [-0.25, -0.2) is 0 Å². The normalized spacial score (nSPS) is 14.6. The third-order valence-corrected chi connectivity index (χ3v) is 4.06. The van der Waals surface area contributed by atoms with Gasteiger partial charge >= 0.3 is 5.91 Å². The first-order chi connectivity index (χ1) is 11.2.